The average molecular weight is 201 g/mol. The van der Waals surface area contributed by atoms with E-state index in [1.165, 1.54) is 6.92 Å². The lowest BCUT2D eigenvalue weighted by molar-refractivity contribution is -0.195. The maximum atomic E-state index is 10.9. The average Bonchev–Trinajstić information content (AvgIpc) is 2.10. The Morgan fingerprint density at radius 3 is 2.79 bits per heavy atom. The molecule has 0 unspecified atom stereocenters. The van der Waals surface area contributed by atoms with E-state index in [2.05, 4.69) is 5.32 Å². The largest absolute Gasteiger partial charge is 0.353 e. The molecule has 0 aromatic rings. The van der Waals surface area contributed by atoms with E-state index in [0.29, 0.717) is 6.61 Å². The molecule has 0 aromatic carbocycles. The van der Waals surface area contributed by atoms with Crippen LogP contribution in [0.2, 0.25) is 0 Å². The fourth-order valence-corrected chi connectivity index (χ4v) is 1.71. The molecule has 0 spiro atoms. The van der Waals surface area contributed by atoms with Crippen LogP contribution in [0.15, 0.2) is 0 Å². The predicted octanol–water partition coefficient (Wildman–Crippen LogP) is 1.05. The molecule has 1 aliphatic heterocycles. The number of nitrogens with one attached hydrogen (secondary N) is 1. The van der Waals surface area contributed by atoms with Gasteiger partial charge in [-0.05, 0) is 20.3 Å². The summed E-state index contributed by atoms with van der Waals surface area (Å²) in [4.78, 5) is 10.9. The molecule has 1 amide bonds. The van der Waals surface area contributed by atoms with Crippen LogP contribution in [-0.2, 0) is 14.3 Å². The van der Waals surface area contributed by atoms with Crippen molar-refractivity contribution in [3.8, 4) is 0 Å². The third-order valence-corrected chi connectivity index (χ3v) is 2.39. The minimum atomic E-state index is -0.0972. The Morgan fingerprint density at radius 2 is 2.29 bits per heavy atom. The highest BCUT2D eigenvalue weighted by Crippen LogP contribution is 2.20. The maximum absolute atomic E-state index is 10.9. The van der Waals surface area contributed by atoms with Crippen molar-refractivity contribution >= 4 is 5.91 Å². The minimum Gasteiger partial charge on any atom is -0.353 e. The van der Waals surface area contributed by atoms with E-state index in [4.69, 9.17) is 9.47 Å². The SMILES string of the molecule is CCO[C@H]1CC[C@@H](NC(C)=O)[C@@H](C)O1. The lowest BCUT2D eigenvalue weighted by atomic mass is 10.0. The topological polar surface area (TPSA) is 47.6 Å². The zero-order chi connectivity index (χ0) is 10.6. The number of hydrogen-bond acceptors (Lipinski definition) is 3. The molecule has 1 N–H and O–H groups in total. The van der Waals surface area contributed by atoms with Gasteiger partial charge in [0.2, 0.25) is 5.91 Å². The Labute approximate surface area is 85.0 Å². The first kappa shape index (κ1) is 11.5. The van der Waals surface area contributed by atoms with Gasteiger partial charge in [-0.15, -0.1) is 0 Å². The molecule has 0 radical (unpaired) electrons. The van der Waals surface area contributed by atoms with Crippen molar-refractivity contribution in [1.82, 2.24) is 5.32 Å². The summed E-state index contributed by atoms with van der Waals surface area (Å²) >= 11 is 0. The first-order valence-corrected chi connectivity index (χ1v) is 5.17. The van der Waals surface area contributed by atoms with E-state index in [1.807, 2.05) is 13.8 Å². The van der Waals surface area contributed by atoms with E-state index in [1.54, 1.807) is 0 Å². The van der Waals surface area contributed by atoms with E-state index in [9.17, 15) is 4.79 Å². The molecule has 3 atom stereocenters. The summed E-state index contributed by atoms with van der Waals surface area (Å²) in [6.07, 6.45) is 1.71. The van der Waals surface area contributed by atoms with Gasteiger partial charge in [0, 0.05) is 20.0 Å². The fraction of sp³-hybridized carbons (Fsp3) is 0.900. The van der Waals surface area contributed by atoms with Crippen molar-refractivity contribution in [2.24, 2.45) is 0 Å². The quantitative estimate of drug-likeness (QED) is 0.742. The van der Waals surface area contributed by atoms with Crippen LogP contribution in [0.3, 0.4) is 0 Å². The third-order valence-electron chi connectivity index (χ3n) is 2.39. The summed E-state index contributed by atoms with van der Waals surface area (Å²) in [5.41, 5.74) is 0. The van der Waals surface area contributed by atoms with E-state index >= 15 is 0 Å². The Morgan fingerprint density at radius 1 is 1.57 bits per heavy atom. The molecule has 1 aliphatic rings. The van der Waals surface area contributed by atoms with Gasteiger partial charge in [-0.25, -0.2) is 0 Å². The zero-order valence-electron chi connectivity index (χ0n) is 9.08. The van der Waals surface area contributed by atoms with Gasteiger partial charge in [-0.1, -0.05) is 0 Å². The summed E-state index contributed by atoms with van der Waals surface area (Å²) in [7, 11) is 0. The first-order chi connectivity index (χ1) is 6.63. The number of ether oxygens (including phenoxy) is 2. The van der Waals surface area contributed by atoms with E-state index < -0.39 is 0 Å². The normalized spacial score (nSPS) is 32.6. The predicted molar refractivity (Wildman–Crippen MR) is 52.8 cm³/mol. The lowest BCUT2D eigenvalue weighted by Crippen LogP contribution is -2.47. The molecular formula is C10H19NO3. The highest BCUT2D eigenvalue weighted by atomic mass is 16.7. The van der Waals surface area contributed by atoms with Crippen molar-refractivity contribution in [2.45, 2.75) is 52.0 Å². The van der Waals surface area contributed by atoms with Gasteiger partial charge < -0.3 is 14.8 Å². The second kappa shape index (κ2) is 5.32. The molecule has 1 rings (SSSR count). The van der Waals surface area contributed by atoms with Gasteiger partial charge in [-0.2, -0.15) is 0 Å². The standard InChI is InChI=1S/C10H19NO3/c1-4-13-10-6-5-9(7(2)14-10)11-8(3)12/h7,9-10H,4-6H2,1-3H3,(H,11,12)/t7-,9-,10-/m1/s1. The Bertz CT molecular complexity index is 196. The number of amides is 1. The smallest absolute Gasteiger partial charge is 0.217 e. The Balaban J connectivity index is 2.35. The van der Waals surface area contributed by atoms with Gasteiger partial charge in [0.25, 0.3) is 0 Å². The molecule has 82 valence electrons. The van der Waals surface area contributed by atoms with Crippen LogP contribution in [0.4, 0.5) is 0 Å². The van der Waals surface area contributed by atoms with Gasteiger partial charge >= 0.3 is 0 Å². The van der Waals surface area contributed by atoms with E-state index in [0.717, 1.165) is 12.8 Å². The van der Waals surface area contributed by atoms with Gasteiger partial charge in [0.05, 0.1) is 12.1 Å². The first-order valence-electron chi connectivity index (χ1n) is 5.17. The van der Waals surface area contributed by atoms with Crippen molar-refractivity contribution in [2.75, 3.05) is 6.61 Å². The summed E-state index contributed by atoms with van der Waals surface area (Å²) in [5.74, 6) is 0.000287. The number of carbonyl (C=O) groups is 1. The molecule has 0 saturated carbocycles. The number of carbonyl (C=O) groups excluding carboxylic acids is 1. The minimum absolute atomic E-state index is 0.000287. The highest BCUT2D eigenvalue weighted by Gasteiger charge is 2.28. The van der Waals surface area contributed by atoms with Gasteiger partial charge in [0.1, 0.15) is 0 Å². The molecule has 4 nitrogen and oxygen atoms in total. The zero-order valence-corrected chi connectivity index (χ0v) is 9.08. The Kier molecular flexibility index (Phi) is 4.35. The van der Waals surface area contributed by atoms with Crippen LogP contribution < -0.4 is 5.32 Å². The maximum Gasteiger partial charge on any atom is 0.217 e. The van der Waals surface area contributed by atoms with Crippen LogP contribution in [0.25, 0.3) is 0 Å². The number of hydrogen-bond donors (Lipinski definition) is 1. The summed E-state index contributed by atoms with van der Waals surface area (Å²) in [6.45, 7) is 6.11. The summed E-state index contributed by atoms with van der Waals surface area (Å²) < 4.78 is 11.0. The molecule has 0 aliphatic carbocycles. The monoisotopic (exact) mass is 201 g/mol. The molecule has 1 fully saturated rings. The summed E-state index contributed by atoms with van der Waals surface area (Å²) in [5, 5.41) is 2.87. The van der Waals surface area contributed by atoms with Crippen LogP contribution in [0.1, 0.15) is 33.6 Å². The fourth-order valence-electron chi connectivity index (χ4n) is 1.71. The van der Waals surface area contributed by atoms with Crippen LogP contribution in [0, 0.1) is 0 Å². The van der Waals surface area contributed by atoms with Crippen molar-refractivity contribution in [3.63, 3.8) is 0 Å². The lowest BCUT2D eigenvalue weighted by Gasteiger charge is -2.34. The molecule has 4 heteroatoms. The number of rotatable bonds is 3. The molecule has 1 saturated heterocycles. The van der Waals surface area contributed by atoms with Crippen LogP contribution in [0.5, 0.6) is 0 Å². The van der Waals surface area contributed by atoms with Crippen molar-refractivity contribution < 1.29 is 14.3 Å². The second-order valence-electron chi connectivity index (χ2n) is 3.61. The molecule has 0 aromatic heterocycles. The van der Waals surface area contributed by atoms with Crippen molar-refractivity contribution in [1.29, 1.82) is 0 Å². The highest BCUT2D eigenvalue weighted by molar-refractivity contribution is 5.73. The molecule has 1 heterocycles. The van der Waals surface area contributed by atoms with Crippen LogP contribution in [-0.4, -0.2) is 30.9 Å². The van der Waals surface area contributed by atoms with E-state index in [-0.39, 0.29) is 24.3 Å². The third kappa shape index (κ3) is 3.27. The molecular weight excluding hydrogens is 182 g/mol. The van der Waals surface area contributed by atoms with Crippen molar-refractivity contribution in [3.05, 3.63) is 0 Å². The summed E-state index contributed by atoms with van der Waals surface area (Å²) in [6, 6.07) is 0.129. The van der Waals surface area contributed by atoms with Gasteiger partial charge in [-0.3, -0.25) is 4.79 Å². The molecule has 14 heavy (non-hydrogen) atoms. The second-order valence-corrected chi connectivity index (χ2v) is 3.61. The van der Waals surface area contributed by atoms with Gasteiger partial charge in [0.15, 0.2) is 6.29 Å². The Hall–Kier alpha value is -0.610. The van der Waals surface area contributed by atoms with Crippen LogP contribution >= 0.6 is 0 Å². The molecule has 0 bridgehead atoms.